The van der Waals surface area contributed by atoms with Gasteiger partial charge < -0.3 is 14.4 Å². The third kappa shape index (κ3) is 9.74. The summed E-state index contributed by atoms with van der Waals surface area (Å²) < 4.78 is 13.1. The normalized spacial score (nSPS) is 11.2. The van der Waals surface area contributed by atoms with Gasteiger partial charge in [0, 0.05) is 24.3 Å². The second kappa shape index (κ2) is 16.6. The van der Waals surface area contributed by atoms with Crippen LogP contribution in [0.5, 0.6) is 11.5 Å². The number of ether oxygens (including phenoxy) is 2. The summed E-state index contributed by atoms with van der Waals surface area (Å²) in [6.45, 7) is 12.6. The molecule has 0 aromatic heterocycles. The van der Waals surface area contributed by atoms with E-state index in [0.29, 0.717) is 0 Å². The zero-order chi connectivity index (χ0) is 24.6. The fraction of sp³-hybridized carbons (Fsp3) is 0.533. The first-order chi connectivity index (χ1) is 16.6. The van der Waals surface area contributed by atoms with Crippen LogP contribution in [0.1, 0.15) is 90.2 Å². The van der Waals surface area contributed by atoms with Gasteiger partial charge in [0.1, 0.15) is 11.5 Å². The molecule has 0 aliphatic carbocycles. The van der Waals surface area contributed by atoms with Crippen LogP contribution in [0, 0.1) is 0 Å². The molecule has 0 unspecified atom stereocenters. The molecule has 0 heterocycles. The molecule has 0 aliphatic rings. The summed E-state index contributed by atoms with van der Waals surface area (Å²) in [6.07, 6.45) is 13.6. The molecule has 2 rings (SSSR count). The van der Waals surface area contributed by atoms with Crippen molar-refractivity contribution in [2.75, 3.05) is 31.2 Å². The summed E-state index contributed by atoms with van der Waals surface area (Å²) in [5.41, 5.74) is 3.55. The number of rotatable bonds is 17. The van der Waals surface area contributed by atoms with E-state index >= 15 is 0 Å². The molecule has 0 bridgehead atoms. The van der Waals surface area contributed by atoms with Crippen molar-refractivity contribution in [3.63, 3.8) is 0 Å². The topological polar surface area (TPSA) is 21.7 Å². The third-order valence-corrected chi connectivity index (χ3v) is 6.47. The Morgan fingerprint density at radius 2 is 1.26 bits per heavy atom. The van der Waals surface area contributed by atoms with E-state index in [1.807, 2.05) is 6.07 Å². The number of unbranched alkanes of at least 4 members (excludes halogenated alkanes) is 4. The van der Waals surface area contributed by atoms with Crippen LogP contribution in [0.4, 0.5) is 5.69 Å². The van der Waals surface area contributed by atoms with Crippen molar-refractivity contribution in [2.45, 2.75) is 79.1 Å². The van der Waals surface area contributed by atoms with Crippen LogP contribution in [-0.4, -0.2) is 26.3 Å². The molecule has 0 saturated heterocycles. The number of nitrogens with zero attached hydrogens (tertiary/aromatic N) is 1. The lowest BCUT2D eigenvalue weighted by Crippen LogP contribution is -2.25. The number of hydrogen-bond acceptors (Lipinski definition) is 3. The van der Waals surface area contributed by atoms with Gasteiger partial charge in [-0.1, -0.05) is 77.7 Å². The van der Waals surface area contributed by atoms with E-state index in [4.69, 9.17) is 9.47 Å². The second-order valence-electron chi connectivity index (χ2n) is 8.84. The molecular formula is C30H44BrNO2. The van der Waals surface area contributed by atoms with E-state index in [1.54, 1.807) is 0 Å². The quantitative estimate of drug-likeness (QED) is 0.150. The van der Waals surface area contributed by atoms with Gasteiger partial charge in [0.25, 0.3) is 0 Å². The molecule has 2 aromatic rings. The SMILES string of the molecule is CCCCOc1cc(/C=C/c2ccc(N(CCCC)CCCC)cc2)c(OCCCC)cc1Br. The summed E-state index contributed by atoms with van der Waals surface area (Å²) in [7, 11) is 0. The summed E-state index contributed by atoms with van der Waals surface area (Å²) in [6, 6.07) is 13.1. The maximum atomic E-state index is 6.11. The van der Waals surface area contributed by atoms with E-state index in [-0.39, 0.29) is 0 Å². The van der Waals surface area contributed by atoms with Crippen LogP contribution < -0.4 is 14.4 Å². The monoisotopic (exact) mass is 529 g/mol. The van der Waals surface area contributed by atoms with Gasteiger partial charge in [0.15, 0.2) is 0 Å². The Kier molecular flexibility index (Phi) is 13.9. The van der Waals surface area contributed by atoms with Crippen molar-refractivity contribution in [3.05, 3.63) is 52.0 Å². The van der Waals surface area contributed by atoms with Crippen LogP contribution >= 0.6 is 15.9 Å². The van der Waals surface area contributed by atoms with Gasteiger partial charge in [-0.15, -0.1) is 0 Å². The fourth-order valence-electron chi connectivity index (χ4n) is 3.62. The van der Waals surface area contributed by atoms with Crippen LogP contribution in [-0.2, 0) is 0 Å². The van der Waals surface area contributed by atoms with Crippen molar-refractivity contribution >= 4 is 33.8 Å². The lowest BCUT2D eigenvalue weighted by atomic mass is 10.1. The third-order valence-electron chi connectivity index (χ3n) is 5.85. The minimum Gasteiger partial charge on any atom is -0.493 e. The van der Waals surface area contributed by atoms with E-state index in [1.165, 1.54) is 36.9 Å². The molecule has 0 N–H and O–H groups in total. The number of hydrogen-bond donors (Lipinski definition) is 0. The molecular weight excluding hydrogens is 486 g/mol. The van der Waals surface area contributed by atoms with Crippen molar-refractivity contribution in [2.24, 2.45) is 0 Å². The average molecular weight is 531 g/mol. The number of benzene rings is 2. The Morgan fingerprint density at radius 3 is 1.82 bits per heavy atom. The van der Waals surface area contributed by atoms with Gasteiger partial charge in [-0.3, -0.25) is 0 Å². The Bertz CT molecular complexity index is 840. The molecule has 2 aromatic carbocycles. The molecule has 0 atom stereocenters. The lowest BCUT2D eigenvalue weighted by molar-refractivity contribution is 0.299. The first-order valence-electron chi connectivity index (χ1n) is 13.2. The predicted molar refractivity (Wildman–Crippen MR) is 152 cm³/mol. The Hall–Kier alpha value is -1.94. The maximum absolute atomic E-state index is 6.11. The lowest BCUT2D eigenvalue weighted by Gasteiger charge is -2.24. The molecule has 0 aliphatic heterocycles. The molecule has 188 valence electrons. The minimum atomic E-state index is 0.722. The average Bonchev–Trinajstić information content (AvgIpc) is 2.85. The molecule has 0 spiro atoms. The van der Waals surface area contributed by atoms with Gasteiger partial charge >= 0.3 is 0 Å². The first-order valence-corrected chi connectivity index (χ1v) is 14.0. The molecule has 0 amide bonds. The van der Waals surface area contributed by atoms with Gasteiger partial charge in [0.05, 0.1) is 17.7 Å². The van der Waals surface area contributed by atoms with Crippen LogP contribution in [0.2, 0.25) is 0 Å². The molecule has 0 radical (unpaired) electrons. The molecule has 34 heavy (non-hydrogen) atoms. The maximum Gasteiger partial charge on any atom is 0.134 e. The van der Waals surface area contributed by atoms with Crippen LogP contribution in [0.3, 0.4) is 0 Å². The van der Waals surface area contributed by atoms with Crippen LogP contribution in [0.15, 0.2) is 40.9 Å². The predicted octanol–water partition coefficient (Wildman–Crippen LogP) is 9.38. The standard InChI is InChI=1S/C30H44BrNO2/c1-5-9-19-32(20-10-6-2)27-17-14-25(15-18-27)13-16-26-23-30(34-22-12-8-4)28(31)24-29(26)33-21-11-7-3/h13-18,23-24H,5-12,19-22H2,1-4H3/b16-13+. The van der Waals surface area contributed by atoms with Gasteiger partial charge in [-0.05, 0) is 71.4 Å². The summed E-state index contributed by atoms with van der Waals surface area (Å²) >= 11 is 3.66. The first kappa shape index (κ1) is 28.3. The smallest absolute Gasteiger partial charge is 0.134 e. The van der Waals surface area contributed by atoms with Crippen molar-refractivity contribution in [3.8, 4) is 11.5 Å². The highest BCUT2D eigenvalue weighted by molar-refractivity contribution is 9.10. The van der Waals surface area contributed by atoms with Gasteiger partial charge in [-0.2, -0.15) is 0 Å². The van der Waals surface area contributed by atoms with Gasteiger partial charge in [-0.25, -0.2) is 0 Å². The zero-order valence-corrected chi connectivity index (χ0v) is 23.3. The molecule has 0 fully saturated rings. The molecule has 3 nitrogen and oxygen atoms in total. The Balaban J connectivity index is 2.20. The van der Waals surface area contributed by atoms with E-state index in [0.717, 1.165) is 73.5 Å². The van der Waals surface area contributed by atoms with Gasteiger partial charge in [0.2, 0.25) is 0 Å². The number of halogens is 1. The summed E-state index contributed by atoms with van der Waals surface area (Å²) in [5.74, 6) is 1.76. The Labute approximate surface area is 216 Å². The minimum absolute atomic E-state index is 0.722. The van der Waals surface area contributed by atoms with Crippen molar-refractivity contribution < 1.29 is 9.47 Å². The largest absolute Gasteiger partial charge is 0.493 e. The highest BCUT2D eigenvalue weighted by Gasteiger charge is 2.10. The molecule has 4 heteroatoms. The van der Waals surface area contributed by atoms with Crippen molar-refractivity contribution in [1.29, 1.82) is 0 Å². The summed E-state index contributed by atoms with van der Waals surface area (Å²) in [5, 5.41) is 0. The van der Waals surface area contributed by atoms with Crippen LogP contribution in [0.25, 0.3) is 12.2 Å². The van der Waals surface area contributed by atoms with Crippen molar-refractivity contribution in [1.82, 2.24) is 0 Å². The molecule has 0 saturated carbocycles. The van der Waals surface area contributed by atoms with E-state index in [9.17, 15) is 0 Å². The highest BCUT2D eigenvalue weighted by atomic mass is 79.9. The second-order valence-corrected chi connectivity index (χ2v) is 9.70. The highest BCUT2D eigenvalue weighted by Crippen LogP contribution is 2.34. The van der Waals surface area contributed by atoms with E-state index < -0.39 is 0 Å². The van der Waals surface area contributed by atoms with E-state index in [2.05, 4.69) is 91.0 Å². The summed E-state index contributed by atoms with van der Waals surface area (Å²) in [4.78, 5) is 2.52. The fourth-order valence-corrected chi connectivity index (χ4v) is 4.06. The number of anilines is 1. The Morgan fingerprint density at radius 1 is 0.706 bits per heavy atom. The zero-order valence-electron chi connectivity index (χ0n) is 21.7.